The highest BCUT2D eigenvalue weighted by atomic mass is 16.4. The molecule has 1 aliphatic heterocycles. The molecule has 2 unspecified atom stereocenters. The minimum atomic E-state index is -0.685. The Labute approximate surface area is 114 Å². The summed E-state index contributed by atoms with van der Waals surface area (Å²) in [5.41, 5.74) is 2.07. The first kappa shape index (κ1) is 12.7. The molecule has 102 valence electrons. The van der Waals surface area contributed by atoms with Crippen molar-refractivity contribution in [2.45, 2.75) is 50.6 Å². The standard InChI is InChI=1S/C16H21NO2/c1-16(15(18)19)10-5-11-17(16)14-9-4-7-12-6-2-3-8-13(12)14/h2-3,6,8,14H,4-5,7,9-11H2,1H3,(H,18,19). The summed E-state index contributed by atoms with van der Waals surface area (Å²) in [6.07, 6.45) is 5.13. The quantitative estimate of drug-likeness (QED) is 0.887. The third-order valence-electron chi connectivity index (χ3n) is 4.87. The van der Waals surface area contributed by atoms with Gasteiger partial charge in [-0.1, -0.05) is 24.3 Å². The fourth-order valence-corrected chi connectivity index (χ4v) is 3.77. The number of carboxylic acids is 1. The first-order valence-electron chi connectivity index (χ1n) is 7.21. The molecule has 19 heavy (non-hydrogen) atoms. The van der Waals surface area contributed by atoms with Crippen molar-refractivity contribution in [3.63, 3.8) is 0 Å². The van der Waals surface area contributed by atoms with Crippen molar-refractivity contribution < 1.29 is 9.90 Å². The summed E-state index contributed by atoms with van der Waals surface area (Å²) >= 11 is 0. The topological polar surface area (TPSA) is 40.5 Å². The Bertz CT molecular complexity index is 499. The van der Waals surface area contributed by atoms with Crippen molar-refractivity contribution in [1.29, 1.82) is 0 Å². The molecule has 1 saturated heterocycles. The fourth-order valence-electron chi connectivity index (χ4n) is 3.77. The van der Waals surface area contributed by atoms with E-state index >= 15 is 0 Å². The van der Waals surface area contributed by atoms with Gasteiger partial charge in [-0.15, -0.1) is 0 Å². The van der Waals surface area contributed by atoms with Gasteiger partial charge in [0, 0.05) is 6.04 Å². The third kappa shape index (κ3) is 1.96. The highest BCUT2D eigenvalue weighted by Gasteiger charge is 2.47. The van der Waals surface area contributed by atoms with Crippen LogP contribution in [0.25, 0.3) is 0 Å². The molecule has 1 heterocycles. The summed E-state index contributed by atoms with van der Waals surface area (Å²) in [7, 11) is 0. The van der Waals surface area contributed by atoms with Crippen LogP contribution in [0, 0.1) is 0 Å². The summed E-state index contributed by atoms with van der Waals surface area (Å²) in [6, 6.07) is 8.82. The summed E-state index contributed by atoms with van der Waals surface area (Å²) < 4.78 is 0. The summed E-state index contributed by atoms with van der Waals surface area (Å²) in [5, 5.41) is 9.58. The Kier molecular flexibility index (Phi) is 3.09. The largest absolute Gasteiger partial charge is 0.480 e. The van der Waals surface area contributed by atoms with E-state index in [0.29, 0.717) is 0 Å². The molecular formula is C16H21NO2. The van der Waals surface area contributed by atoms with Gasteiger partial charge in [-0.2, -0.15) is 0 Å². The smallest absolute Gasteiger partial charge is 0.323 e. The van der Waals surface area contributed by atoms with Gasteiger partial charge in [0.15, 0.2) is 0 Å². The van der Waals surface area contributed by atoms with Crippen LogP contribution in [-0.2, 0) is 11.2 Å². The maximum absolute atomic E-state index is 11.6. The zero-order valence-electron chi connectivity index (χ0n) is 11.4. The molecule has 2 aliphatic rings. The molecule has 1 aliphatic carbocycles. The van der Waals surface area contributed by atoms with E-state index in [2.05, 4.69) is 29.2 Å². The van der Waals surface area contributed by atoms with E-state index in [-0.39, 0.29) is 6.04 Å². The van der Waals surface area contributed by atoms with Gasteiger partial charge in [-0.05, 0) is 56.7 Å². The van der Waals surface area contributed by atoms with E-state index < -0.39 is 11.5 Å². The van der Waals surface area contributed by atoms with E-state index in [1.54, 1.807) is 0 Å². The minimum absolute atomic E-state index is 0.286. The number of carboxylic acid groups (broad SMARTS) is 1. The molecule has 0 aromatic heterocycles. The number of nitrogens with zero attached hydrogens (tertiary/aromatic N) is 1. The van der Waals surface area contributed by atoms with Crippen LogP contribution in [0.5, 0.6) is 0 Å². The average molecular weight is 259 g/mol. The second-order valence-electron chi connectivity index (χ2n) is 5.98. The van der Waals surface area contributed by atoms with E-state index in [4.69, 9.17) is 0 Å². The second-order valence-corrected chi connectivity index (χ2v) is 5.98. The molecule has 3 rings (SSSR count). The number of likely N-dealkylation sites (tertiary alicyclic amines) is 1. The molecular weight excluding hydrogens is 238 g/mol. The lowest BCUT2D eigenvalue weighted by atomic mass is 9.85. The normalized spacial score (nSPS) is 31.1. The van der Waals surface area contributed by atoms with E-state index in [9.17, 15) is 9.90 Å². The molecule has 1 aromatic carbocycles. The van der Waals surface area contributed by atoms with Crippen molar-refractivity contribution in [2.75, 3.05) is 6.54 Å². The van der Waals surface area contributed by atoms with Crippen LogP contribution < -0.4 is 0 Å². The predicted octanol–water partition coefficient (Wildman–Crippen LogP) is 3.00. The Morgan fingerprint density at radius 1 is 1.37 bits per heavy atom. The lowest BCUT2D eigenvalue weighted by Crippen LogP contribution is -2.50. The third-order valence-corrected chi connectivity index (χ3v) is 4.87. The Morgan fingerprint density at radius 2 is 2.16 bits per heavy atom. The van der Waals surface area contributed by atoms with Gasteiger partial charge in [0.2, 0.25) is 0 Å². The molecule has 1 aromatic rings. The number of hydrogen-bond donors (Lipinski definition) is 1. The lowest BCUT2D eigenvalue weighted by molar-refractivity contribution is -0.150. The highest BCUT2D eigenvalue weighted by Crippen LogP contribution is 2.42. The Hall–Kier alpha value is -1.35. The van der Waals surface area contributed by atoms with E-state index in [0.717, 1.165) is 38.6 Å². The van der Waals surface area contributed by atoms with Crippen LogP contribution >= 0.6 is 0 Å². The van der Waals surface area contributed by atoms with Crippen molar-refractivity contribution in [1.82, 2.24) is 4.90 Å². The van der Waals surface area contributed by atoms with Crippen LogP contribution in [0.15, 0.2) is 24.3 Å². The lowest BCUT2D eigenvalue weighted by Gasteiger charge is -2.40. The summed E-state index contributed by atoms with van der Waals surface area (Å²) in [6.45, 7) is 2.79. The number of aliphatic carboxylic acids is 1. The maximum Gasteiger partial charge on any atom is 0.323 e. The predicted molar refractivity (Wildman–Crippen MR) is 74.1 cm³/mol. The molecule has 0 amide bonds. The number of fused-ring (bicyclic) bond motifs is 1. The molecule has 3 heteroatoms. The van der Waals surface area contributed by atoms with E-state index in [1.807, 2.05) is 6.92 Å². The van der Waals surface area contributed by atoms with Crippen LogP contribution in [0.3, 0.4) is 0 Å². The summed E-state index contributed by atoms with van der Waals surface area (Å²) in [5.74, 6) is -0.673. The maximum atomic E-state index is 11.6. The van der Waals surface area contributed by atoms with Crippen molar-refractivity contribution in [3.8, 4) is 0 Å². The highest BCUT2D eigenvalue weighted by molar-refractivity contribution is 5.78. The number of benzene rings is 1. The summed E-state index contributed by atoms with van der Waals surface area (Å²) in [4.78, 5) is 13.9. The van der Waals surface area contributed by atoms with Gasteiger partial charge in [0.05, 0.1) is 0 Å². The SMILES string of the molecule is CC1(C(=O)O)CCCN1C1CCCc2ccccc21. The molecule has 1 fully saturated rings. The second kappa shape index (κ2) is 4.64. The Morgan fingerprint density at radius 3 is 2.95 bits per heavy atom. The molecule has 0 spiro atoms. The molecule has 2 atom stereocenters. The van der Waals surface area contributed by atoms with Gasteiger partial charge < -0.3 is 5.11 Å². The molecule has 0 radical (unpaired) electrons. The van der Waals surface area contributed by atoms with Crippen LogP contribution in [-0.4, -0.2) is 28.1 Å². The average Bonchev–Trinajstić information content (AvgIpc) is 2.81. The fraction of sp³-hybridized carbons (Fsp3) is 0.562. The zero-order chi connectivity index (χ0) is 13.5. The van der Waals surface area contributed by atoms with E-state index in [1.165, 1.54) is 11.1 Å². The first-order chi connectivity index (χ1) is 9.13. The number of rotatable bonds is 2. The Balaban J connectivity index is 1.97. The van der Waals surface area contributed by atoms with Gasteiger partial charge in [0.25, 0.3) is 0 Å². The molecule has 0 bridgehead atoms. The number of carbonyl (C=O) groups is 1. The molecule has 3 nitrogen and oxygen atoms in total. The van der Waals surface area contributed by atoms with Crippen molar-refractivity contribution in [3.05, 3.63) is 35.4 Å². The van der Waals surface area contributed by atoms with Crippen LogP contribution in [0.2, 0.25) is 0 Å². The monoisotopic (exact) mass is 259 g/mol. The zero-order valence-corrected chi connectivity index (χ0v) is 11.4. The number of hydrogen-bond acceptors (Lipinski definition) is 2. The van der Waals surface area contributed by atoms with Gasteiger partial charge in [-0.25, -0.2) is 0 Å². The molecule has 1 N–H and O–H groups in total. The number of aryl methyl sites for hydroxylation is 1. The van der Waals surface area contributed by atoms with Gasteiger partial charge in [-0.3, -0.25) is 9.69 Å². The molecule has 0 saturated carbocycles. The van der Waals surface area contributed by atoms with Crippen molar-refractivity contribution >= 4 is 5.97 Å². The van der Waals surface area contributed by atoms with Crippen molar-refractivity contribution in [2.24, 2.45) is 0 Å². The van der Waals surface area contributed by atoms with Gasteiger partial charge in [0.1, 0.15) is 5.54 Å². The van der Waals surface area contributed by atoms with Crippen LogP contribution in [0.1, 0.15) is 49.8 Å². The van der Waals surface area contributed by atoms with Crippen LogP contribution in [0.4, 0.5) is 0 Å². The minimum Gasteiger partial charge on any atom is -0.480 e. The first-order valence-corrected chi connectivity index (χ1v) is 7.21. The van der Waals surface area contributed by atoms with Gasteiger partial charge >= 0.3 is 5.97 Å².